The van der Waals surface area contributed by atoms with Gasteiger partial charge in [0.15, 0.2) is 6.39 Å². The van der Waals surface area contributed by atoms with Crippen molar-refractivity contribution in [2.75, 3.05) is 5.32 Å². The number of anilines is 1. The smallest absolute Gasteiger partial charge is 0.219 e. The number of hydrogen-bond acceptors (Lipinski definition) is 3. The van der Waals surface area contributed by atoms with Gasteiger partial charge >= 0.3 is 0 Å². The van der Waals surface area contributed by atoms with Crippen LogP contribution in [-0.4, -0.2) is 11.4 Å². The van der Waals surface area contributed by atoms with Crippen molar-refractivity contribution in [1.29, 1.82) is 0 Å². The van der Waals surface area contributed by atoms with Crippen LogP contribution in [0.2, 0.25) is 0 Å². The van der Waals surface area contributed by atoms with Crippen LogP contribution < -0.4 is 5.32 Å². The lowest BCUT2D eigenvalue weighted by molar-refractivity contribution is -0.105. The van der Waals surface area contributed by atoms with E-state index in [1.165, 1.54) is 12.6 Å². The van der Waals surface area contributed by atoms with Crippen LogP contribution in [-0.2, 0) is 4.79 Å². The molecule has 4 nitrogen and oxygen atoms in total. The number of carbonyl (C=O) groups excluding carboxylic acids is 1. The summed E-state index contributed by atoms with van der Waals surface area (Å²) in [6.45, 7) is 0. The summed E-state index contributed by atoms with van der Waals surface area (Å²) in [5.41, 5.74) is 0. The van der Waals surface area contributed by atoms with E-state index in [4.69, 9.17) is 0 Å². The molecule has 1 amide bonds. The van der Waals surface area contributed by atoms with Crippen LogP contribution in [0.4, 0.5) is 5.88 Å². The summed E-state index contributed by atoms with van der Waals surface area (Å²) in [7, 11) is 0. The number of amides is 1. The molecule has 0 aliphatic rings. The molecule has 1 rings (SSSR count). The summed E-state index contributed by atoms with van der Waals surface area (Å²) in [6, 6.07) is 0. The highest BCUT2D eigenvalue weighted by atomic mass is 16.4. The summed E-state index contributed by atoms with van der Waals surface area (Å²) < 4.78 is 4.62. The zero-order valence-electron chi connectivity index (χ0n) is 4.00. The predicted octanol–water partition coefficient (Wildman–Crippen LogP) is 0.243. The largest absolute Gasteiger partial charge is 0.428 e. The first kappa shape index (κ1) is 4.83. The van der Waals surface area contributed by atoms with Crippen molar-refractivity contribution in [2.45, 2.75) is 0 Å². The van der Waals surface area contributed by atoms with Crippen LogP contribution in [0.15, 0.2) is 17.0 Å². The summed E-state index contributed by atoms with van der Waals surface area (Å²) in [5, 5.41) is 2.28. The standard InChI is InChI=1S/C4H4N2O2/c7-2-6-4-1-5-3-8-4/h1-3H,(H,6,7). The SMILES string of the molecule is O=CNc1cnco1. The van der Waals surface area contributed by atoms with Crippen LogP contribution >= 0.6 is 0 Å². The van der Waals surface area contributed by atoms with Gasteiger partial charge in [-0.25, -0.2) is 4.98 Å². The minimum Gasteiger partial charge on any atom is -0.428 e. The van der Waals surface area contributed by atoms with Crippen LogP contribution in [0, 0.1) is 0 Å². The van der Waals surface area contributed by atoms with Crippen molar-refractivity contribution in [2.24, 2.45) is 0 Å². The maximum atomic E-state index is 9.67. The van der Waals surface area contributed by atoms with Gasteiger partial charge in [-0.2, -0.15) is 0 Å². The molecular weight excluding hydrogens is 108 g/mol. The van der Waals surface area contributed by atoms with Gasteiger partial charge < -0.3 is 4.42 Å². The maximum Gasteiger partial charge on any atom is 0.219 e. The van der Waals surface area contributed by atoms with Crippen molar-refractivity contribution < 1.29 is 9.21 Å². The Balaban J connectivity index is 2.62. The number of nitrogens with one attached hydrogen (secondary N) is 1. The third kappa shape index (κ3) is 0.841. The molecule has 0 saturated heterocycles. The Morgan fingerprint density at radius 3 is 3.25 bits per heavy atom. The van der Waals surface area contributed by atoms with Crippen molar-refractivity contribution in [1.82, 2.24) is 4.98 Å². The second kappa shape index (κ2) is 2.11. The van der Waals surface area contributed by atoms with Gasteiger partial charge in [-0.3, -0.25) is 10.1 Å². The fourth-order valence-corrected chi connectivity index (χ4v) is 0.345. The van der Waals surface area contributed by atoms with E-state index in [2.05, 4.69) is 14.7 Å². The quantitative estimate of drug-likeness (QED) is 0.557. The first-order chi connectivity index (χ1) is 3.93. The molecule has 0 bridgehead atoms. The van der Waals surface area contributed by atoms with E-state index >= 15 is 0 Å². The van der Waals surface area contributed by atoms with Gasteiger partial charge in [0.2, 0.25) is 12.3 Å². The Hall–Kier alpha value is -1.32. The molecule has 1 heterocycles. The lowest BCUT2D eigenvalue weighted by Crippen LogP contribution is -1.89. The number of rotatable bonds is 2. The lowest BCUT2D eigenvalue weighted by Gasteiger charge is -1.82. The molecule has 0 spiro atoms. The van der Waals surface area contributed by atoms with E-state index in [-0.39, 0.29) is 0 Å². The average Bonchev–Trinajstić information content (AvgIpc) is 2.19. The second-order valence-corrected chi connectivity index (χ2v) is 1.13. The Morgan fingerprint density at radius 2 is 2.75 bits per heavy atom. The fraction of sp³-hybridized carbons (Fsp3) is 0. The van der Waals surface area contributed by atoms with E-state index in [9.17, 15) is 4.79 Å². The summed E-state index contributed by atoms with van der Waals surface area (Å²) >= 11 is 0. The molecule has 42 valence electrons. The Bertz CT molecular complexity index is 159. The third-order valence-electron chi connectivity index (χ3n) is 0.634. The minimum atomic E-state index is 0.361. The predicted molar refractivity (Wildman–Crippen MR) is 26.2 cm³/mol. The molecular formula is C4H4N2O2. The molecule has 0 aliphatic carbocycles. The molecule has 4 heteroatoms. The number of oxazole rings is 1. The fourth-order valence-electron chi connectivity index (χ4n) is 0.345. The summed E-state index contributed by atoms with van der Waals surface area (Å²) in [6.07, 6.45) is 3.18. The molecule has 0 fully saturated rings. The molecule has 0 aliphatic heterocycles. The molecule has 8 heavy (non-hydrogen) atoms. The van der Waals surface area contributed by atoms with Crippen LogP contribution in [0.3, 0.4) is 0 Å². The van der Waals surface area contributed by atoms with Crippen molar-refractivity contribution in [3.05, 3.63) is 12.6 Å². The third-order valence-corrected chi connectivity index (χ3v) is 0.634. The number of hydrogen-bond donors (Lipinski definition) is 1. The first-order valence-electron chi connectivity index (χ1n) is 2.02. The van der Waals surface area contributed by atoms with Crippen molar-refractivity contribution in [3.8, 4) is 0 Å². The summed E-state index contributed by atoms with van der Waals surface area (Å²) in [5.74, 6) is 0.361. The minimum absolute atomic E-state index is 0.361. The molecule has 0 unspecified atom stereocenters. The van der Waals surface area contributed by atoms with Gasteiger partial charge in [0.1, 0.15) is 0 Å². The van der Waals surface area contributed by atoms with Gasteiger partial charge in [0.05, 0.1) is 6.20 Å². The highest BCUT2D eigenvalue weighted by Crippen LogP contribution is 1.99. The molecule has 1 aromatic heterocycles. The topological polar surface area (TPSA) is 55.1 Å². The van der Waals surface area contributed by atoms with Crippen LogP contribution in [0.5, 0.6) is 0 Å². The normalized spacial score (nSPS) is 8.50. The zero-order valence-corrected chi connectivity index (χ0v) is 4.00. The second-order valence-electron chi connectivity index (χ2n) is 1.13. The number of aromatic nitrogens is 1. The van der Waals surface area contributed by atoms with Gasteiger partial charge in [-0.05, 0) is 0 Å². The molecule has 0 saturated carbocycles. The highest BCUT2D eigenvalue weighted by Gasteiger charge is 1.87. The van der Waals surface area contributed by atoms with Crippen molar-refractivity contribution in [3.63, 3.8) is 0 Å². The summed E-state index contributed by atoms with van der Waals surface area (Å²) in [4.78, 5) is 13.2. The van der Waals surface area contributed by atoms with Crippen molar-refractivity contribution >= 4 is 12.3 Å². The molecule has 0 radical (unpaired) electrons. The Kier molecular flexibility index (Phi) is 1.27. The van der Waals surface area contributed by atoms with E-state index in [0.717, 1.165) is 0 Å². The molecule has 0 aromatic carbocycles. The molecule has 1 aromatic rings. The van der Waals surface area contributed by atoms with Gasteiger partial charge in [0.25, 0.3) is 0 Å². The maximum absolute atomic E-state index is 9.67. The number of nitrogens with zero attached hydrogens (tertiary/aromatic N) is 1. The van der Waals surface area contributed by atoms with Crippen LogP contribution in [0.1, 0.15) is 0 Å². The average molecular weight is 112 g/mol. The Labute approximate surface area is 45.5 Å². The zero-order chi connectivity index (χ0) is 5.82. The van der Waals surface area contributed by atoms with E-state index in [1.807, 2.05) is 0 Å². The van der Waals surface area contributed by atoms with E-state index < -0.39 is 0 Å². The Morgan fingerprint density at radius 1 is 1.88 bits per heavy atom. The monoisotopic (exact) mass is 112 g/mol. The van der Waals surface area contributed by atoms with Gasteiger partial charge in [-0.15, -0.1) is 0 Å². The van der Waals surface area contributed by atoms with E-state index in [1.54, 1.807) is 0 Å². The lowest BCUT2D eigenvalue weighted by atomic mass is 10.8. The molecule has 0 atom stereocenters. The van der Waals surface area contributed by atoms with Crippen LogP contribution in [0.25, 0.3) is 0 Å². The first-order valence-corrected chi connectivity index (χ1v) is 2.02. The highest BCUT2D eigenvalue weighted by molar-refractivity contribution is 5.66. The van der Waals surface area contributed by atoms with E-state index in [0.29, 0.717) is 12.3 Å². The van der Waals surface area contributed by atoms with Gasteiger partial charge in [-0.1, -0.05) is 0 Å². The van der Waals surface area contributed by atoms with Gasteiger partial charge in [0, 0.05) is 0 Å². The number of carbonyl (C=O) groups is 1. The molecule has 1 N–H and O–H groups in total.